The number of amides is 2. The standard InChI is InChI=1S/C25H35N3O7/c1-6-34-23(29)16-10-9-13-28(14-16)15-18-20(24(30)35-7-2)21(26-25(31)27(18)3)17-11-8-12-19(32-4)22(17)33-5/h8,11-12,16,21H,6-7,9-10,13-15H2,1-5H3,(H,26,31). The molecule has 2 aliphatic heterocycles. The first-order chi connectivity index (χ1) is 16.9. The summed E-state index contributed by atoms with van der Waals surface area (Å²) in [6, 6.07) is 4.15. The summed E-state index contributed by atoms with van der Waals surface area (Å²) in [5.41, 5.74) is 1.42. The van der Waals surface area contributed by atoms with Gasteiger partial charge in [0.1, 0.15) is 0 Å². The normalized spacial score (nSPS) is 20.8. The highest BCUT2D eigenvalue weighted by molar-refractivity contribution is 5.95. The summed E-state index contributed by atoms with van der Waals surface area (Å²) in [7, 11) is 4.66. The summed E-state index contributed by atoms with van der Waals surface area (Å²) in [6.07, 6.45) is 1.56. The zero-order valence-electron chi connectivity index (χ0n) is 21.1. The zero-order valence-corrected chi connectivity index (χ0v) is 21.1. The molecule has 1 saturated heterocycles. The Morgan fingerprint density at radius 2 is 1.86 bits per heavy atom. The topological polar surface area (TPSA) is 107 Å². The van der Waals surface area contributed by atoms with Gasteiger partial charge in [-0.15, -0.1) is 0 Å². The molecule has 0 radical (unpaired) electrons. The van der Waals surface area contributed by atoms with E-state index in [4.69, 9.17) is 18.9 Å². The Labute approximate surface area is 206 Å². The van der Waals surface area contributed by atoms with Crippen LogP contribution in [0.25, 0.3) is 0 Å². The second kappa shape index (κ2) is 11.9. The quantitative estimate of drug-likeness (QED) is 0.528. The smallest absolute Gasteiger partial charge is 0.338 e. The van der Waals surface area contributed by atoms with Crippen LogP contribution in [0.5, 0.6) is 11.5 Å². The predicted octanol–water partition coefficient (Wildman–Crippen LogP) is 2.49. The van der Waals surface area contributed by atoms with Gasteiger partial charge in [-0.3, -0.25) is 14.6 Å². The molecule has 192 valence electrons. The number of nitrogens with one attached hydrogen (secondary N) is 1. The van der Waals surface area contributed by atoms with Crippen molar-refractivity contribution < 1.29 is 33.3 Å². The van der Waals surface area contributed by atoms with Gasteiger partial charge in [0.25, 0.3) is 0 Å². The number of nitrogens with zero attached hydrogens (tertiary/aromatic N) is 2. The van der Waals surface area contributed by atoms with Crippen LogP contribution in [0.2, 0.25) is 0 Å². The van der Waals surface area contributed by atoms with Crippen molar-refractivity contribution in [3.63, 3.8) is 0 Å². The van der Waals surface area contributed by atoms with E-state index in [9.17, 15) is 14.4 Å². The minimum atomic E-state index is -0.802. The number of hydrogen-bond acceptors (Lipinski definition) is 8. The highest BCUT2D eigenvalue weighted by atomic mass is 16.5. The zero-order chi connectivity index (χ0) is 25.5. The summed E-state index contributed by atoms with van der Waals surface area (Å²) in [5.74, 6) is -0.0800. The number of carbonyl (C=O) groups is 3. The molecule has 1 fully saturated rings. The Hall–Kier alpha value is -3.27. The SMILES string of the molecule is CCOC(=O)C1=C(CN2CCCC(C(=O)OCC)C2)N(C)C(=O)NC1c1cccc(OC)c1OC. The molecule has 3 rings (SSSR count). The lowest BCUT2D eigenvalue weighted by molar-refractivity contribution is -0.150. The monoisotopic (exact) mass is 489 g/mol. The van der Waals surface area contributed by atoms with Crippen LogP contribution in [-0.2, 0) is 19.1 Å². The number of methoxy groups -OCH3 is 2. The van der Waals surface area contributed by atoms with Crippen molar-refractivity contribution in [1.82, 2.24) is 15.1 Å². The molecule has 2 amide bonds. The Kier molecular flexibility index (Phi) is 8.97. The van der Waals surface area contributed by atoms with Crippen molar-refractivity contribution in [3.8, 4) is 11.5 Å². The maximum Gasteiger partial charge on any atom is 0.338 e. The van der Waals surface area contributed by atoms with Crippen LogP contribution >= 0.6 is 0 Å². The van der Waals surface area contributed by atoms with Crippen molar-refractivity contribution >= 4 is 18.0 Å². The van der Waals surface area contributed by atoms with Gasteiger partial charge < -0.3 is 24.3 Å². The number of likely N-dealkylation sites (N-methyl/N-ethyl adjacent to an activating group) is 1. The fraction of sp³-hybridized carbons (Fsp3) is 0.560. The van der Waals surface area contributed by atoms with Crippen LogP contribution in [0.4, 0.5) is 4.79 Å². The molecule has 35 heavy (non-hydrogen) atoms. The van der Waals surface area contributed by atoms with Crippen LogP contribution in [-0.4, -0.2) is 81.9 Å². The first kappa shape index (κ1) is 26.3. The fourth-order valence-corrected chi connectivity index (χ4v) is 4.63. The van der Waals surface area contributed by atoms with Crippen LogP contribution < -0.4 is 14.8 Å². The number of carbonyl (C=O) groups excluding carboxylic acids is 3. The minimum Gasteiger partial charge on any atom is -0.493 e. The maximum absolute atomic E-state index is 13.3. The van der Waals surface area contributed by atoms with Crippen molar-refractivity contribution in [2.75, 3.05) is 54.1 Å². The van der Waals surface area contributed by atoms with E-state index in [1.54, 1.807) is 39.1 Å². The molecular weight excluding hydrogens is 454 g/mol. The molecule has 0 spiro atoms. The maximum atomic E-state index is 13.3. The summed E-state index contributed by atoms with van der Waals surface area (Å²) >= 11 is 0. The van der Waals surface area contributed by atoms with E-state index < -0.39 is 12.0 Å². The highest BCUT2D eigenvalue weighted by Gasteiger charge is 2.39. The third-order valence-corrected chi connectivity index (χ3v) is 6.32. The first-order valence-corrected chi connectivity index (χ1v) is 11.9. The highest BCUT2D eigenvalue weighted by Crippen LogP contribution is 2.40. The molecule has 10 nitrogen and oxygen atoms in total. The lowest BCUT2D eigenvalue weighted by Gasteiger charge is -2.38. The predicted molar refractivity (Wildman–Crippen MR) is 128 cm³/mol. The van der Waals surface area contributed by atoms with Gasteiger partial charge in [-0.2, -0.15) is 0 Å². The molecule has 1 N–H and O–H groups in total. The van der Waals surface area contributed by atoms with E-state index in [0.29, 0.717) is 48.0 Å². The molecule has 0 saturated carbocycles. The molecule has 2 unspecified atom stereocenters. The van der Waals surface area contributed by atoms with Crippen LogP contribution in [0, 0.1) is 5.92 Å². The molecular formula is C25H35N3O7. The molecule has 1 aromatic rings. The average molecular weight is 490 g/mol. The van der Waals surface area contributed by atoms with Crippen molar-refractivity contribution in [1.29, 1.82) is 0 Å². The van der Waals surface area contributed by atoms with Crippen LogP contribution in [0.1, 0.15) is 38.3 Å². The molecule has 0 aromatic heterocycles. The Bertz CT molecular complexity index is 978. The third-order valence-electron chi connectivity index (χ3n) is 6.32. The van der Waals surface area contributed by atoms with Gasteiger partial charge in [0.15, 0.2) is 11.5 Å². The van der Waals surface area contributed by atoms with E-state index in [2.05, 4.69) is 10.2 Å². The third kappa shape index (κ3) is 5.70. The van der Waals surface area contributed by atoms with Gasteiger partial charge in [-0.25, -0.2) is 9.59 Å². The fourth-order valence-electron chi connectivity index (χ4n) is 4.63. The molecule has 2 aliphatic rings. The van der Waals surface area contributed by atoms with E-state index in [1.165, 1.54) is 19.1 Å². The second-order valence-electron chi connectivity index (χ2n) is 8.43. The van der Waals surface area contributed by atoms with Gasteiger partial charge in [-0.05, 0) is 39.3 Å². The van der Waals surface area contributed by atoms with Crippen molar-refractivity contribution in [2.45, 2.75) is 32.7 Å². The number of ether oxygens (including phenoxy) is 4. The molecule has 0 bridgehead atoms. The lowest BCUT2D eigenvalue weighted by Crippen LogP contribution is -2.50. The Morgan fingerprint density at radius 3 is 2.51 bits per heavy atom. The number of likely N-dealkylation sites (tertiary alicyclic amines) is 1. The summed E-state index contributed by atoms with van der Waals surface area (Å²) in [6.45, 7) is 5.57. The molecule has 0 aliphatic carbocycles. The summed E-state index contributed by atoms with van der Waals surface area (Å²) < 4.78 is 21.7. The Balaban J connectivity index is 2.05. The van der Waals surface area contributed by atoms with Crippen LogP contribution in [0.3, 0.4) is 0 Å². The number of benzene rings is 1. The minimum absolute atomic E-state index is 0.184. The number of rotatable bonds is 9. The van der Waals surface area contributed by atoms with E-state index in [0.717, 1.165) is 19.4 Å². The largest absolute Gasteiger partial charge is 0.493 e. The molecule has 1 aromatic carbocycles. The number of urea groups is 1. The van der Waals surface area contributed by atoms with Crippen molar-refractivity contribution in [2.24, 2.45) is 5.92 Å². The Morgan fingerprint density at radius 1 is 1.11 bits per heavy atom. The van der Waals surface area contributed by atoms with Gasteiger partial charge in [0.05, 0.1) is 45.0 Å². The summed E-state index contributed by atoms with van der Waals surface area (Å²) in [4.78, 5) is 42.2. The molecule has 2 heterocycles. The van der Waals surface area contributed by atoms with Gasteiger partial charge in [0, 0.05) is 31.4 Å². The lowest BCUT2D eigenvalue weighted by atomic mass is 9.92. The summed E-state index contributed by atoms with van der Waals surface area (Å²) in [5, 5.41) is 2.91. The van der Waals surface area contributed by atoms with Crippen LogP contribution in [0.15, 0.2) is 29.5 Å². The van der Waals surface area contributed by atoms with E-state index in [-0.39, 0.29) is 24.5 Å². The van der Waals surface area contributed by atoms with Gasteiger partial charge in [-0.1, -0.05) is 12.1 Å². The number of para-hydroxylation sites is 1. The second-order valence-corrected chi connectivity index (χ2v) is 8.43. The van der Waals surface area contributed by atoms with E-state index >= 15 is 0 Å². The molecule has 2 atom stereocenters. The average Bonchev–Trinajstić information content (AvgIpc) is 2.86. The van der Waals surface area contributed by atoms with E-state index in [1.807, 2.05) is 0 Å². The first-order valence-electron chi connectivity index (χ1n) is 11.9. The van der Waals surface area contributed by atoms with Crippen molar-refractivity contribution in [3.05, 3.63) is 35.0 Å². The number of esters is 2. The van der Waals surface area contributed by atoms with Gasteiger partial charge in [0.2, 0.25) is 0 Å². The number of piperidine rings is 1. The number of hydrogen-bond donors (Lipinski definition) is 1. The van der Waals surface area contributed by atoms with Gasteiger partial charge >= 0.3 is 18.0 Å². The molecule has 10 heteroatoms.